The Morgan fingerprint density at radius 1 is 1.13 bits per heavy atom. The largest absolute Gasteiger partial charge is 0.506 e. The number of benzene rings is 2. The Hall–Kier alpha value is -2.62. The first kappa shape index (κ1) is 23.1. The zero-order valence-electron chi connectivity index (χ0n) is 16.3. The molecule has 0 aliphatic heterocycles. The average Bonchev–Trinajstić information content (AvgIpc) is 2.98. The molecule has 0 radical (unpaired) electrons. The molecule has 1 aromatic heterocycles. The van der Waals surface area contributed by atoms with Crippen molar-refractivity contribution < 1.29 is 19.8 Å². The lowest BCUT2D eigenvalue weighted by atomic mass is 10.2. The molecule has 3 aromatic rings. The summed E-state index contributed by atoms with van der Waals surface area (Å²) in [6, 6.07) is 9.59. The van der Waals surface area contributed by atoms with E-state index in [9.17, 15) is 14.7 Å². The smallest absolute Gasteiger partial charge is 0.337 e. The highest BCUT2D eigenvalue weighted by molar-refractivity contribution is 9.11. The Morgan fingerprint density at radius 3 is 2.35 bits per heavy atom. The number of carbonyl (C=O) groups excluding carboxylic acids is 1. The summed E-state index contributed by atoms with van der Waals surface area (Å²) in [5, 5.41) is 23.1. The van der Waals surface area contributed by atoms with Gasteiger partial charge in [0.1, 0.15) is 5.75 Å². The Morgan fingerprint density at radius 2 is 1.77 bits per heavy atom. The zero-order valence-corrected chi connectivity index (χ0v) is 20.2. The van der Waals surface area contributed by atoms with Gasteiger partial charge in [-0.2, -0.15) is 5.10 Å². The van der Waals surface area contributed by atoms with Gasteiger partial charge < -0.3 is 14.8 Å². The summed E-state index contributed by atoms with van der Waals surface area (Å²) in [6.45, 7) is 3.77. The molecule has 0 saturated carbocycles. The van der Waals surface area contributed by atoms with Crippen LogP contribution in [0.5, 0.6) is 5.75 Å². The molecule has 1 heterocycles. The lowest BCUT2D eigenvalue weighted by molar-refractivity contribution is 0.0696. The van der Waals surface area contributed by atoms with Crippen LogP contribution in [0.1, 0.15) is 37.7 Å². The quantitative estimate of drug-likeness (QED) is 0.281. The molecule has 3 rings (SSSR count). The van der Waals surface area contributed by atoms with Gasteiger partial charge in [-0.3, -0.25) is 4.79 Å². The zero-order chi connectivity index (χ0) is 22.9. The summed E-state index contributed by atoms with van der Waals surface area (Å²) in [4.78, 5) is 23.5. The van der Waals surface area contributed by atoms with Crippen molar-refractivity contribution in [2.75, 3.05) is 0 Å². The lowest BCUT2D eigenvalue weighted by Gasteiger charge is -2.11. The van der Waals surface area contributed by atoms with Crippen LogP contribution in [0.2, 0.25) is 5.02 Å². The van der Waals surface area contributed by atoms with E-state index in [4.69, 9.17) is 16.7 Å². The fraction of sp³-hybridized carbons (Fsp3) is 0.0952. The maximum absolute atomic E-state index is 12.3. The van der Waals surface area contributed by atoms with Crippen molar-refractivity contribution in [1.29, 1.82) is 0 Å². The second kappa shape index (κ2) is 9.25. The minimum Gasteiger partial charge on any atom is -0.506 e. The SMILES string of the molecule is Cc1cc(/C=N\NC(=O)c2cc(Br)c(O)c(Br)c2)c(C)n1-c1ccc(C(=O)O)c(Cl)c1. The standard InChI is InChI=1S/C21H16Br2ClN3O4/c1-10-5-13(9-25-26-20(29)12-6-16(22)19(28)17(23)7-12)11(2)27(10)14-3-4-15(21(30)31)18(24)8-14/h3-9,28H,1-2H3,(H,26,29)(H,30,31)/b25-9-. The van der Waals surface area contributed by atoms with E-state index in [1.165, 1.54) is 24.4 Å². The third-order valence-electron chi connectivity index (χ3n) is 4.56. The van der Waals surface area contributed by atoms with Crippen LogP contribution >= 0.6 is 43.5 Å². The average molecular weight is 570 g/mol. The number of rotatable bonds is 5. The fourth-order valence-corrected chi connectivity index (χ4v) is 4.50. The van der Waals surface area contributed by atoms with Crippen molar-refractivity contribution in [1.82, 2.24) is 9.99 Å². The molecular formula is C21H16Br2ClN3O4. The topological polar surface area (TPSA) is 104 Å². The minimum atomic E-state index is -1.09. The van der Waals surface area contributed by atoms with Crippen LogP contribution in [0, 0.1) is 13.8 Å². The van der Waals surface area contributed by atoms with Crippen molar-refractivity contribution in [2.45, 2.75) is 13.8 Å². The lowest BCUT2D eigenvalue weighted by Crippen LogP contribution is -2.17. The van der Waals surface area contributed by atoms with E-state index in [1.54, 1.807) is 12.1 Å². The van der Waals surface area contributed by atoms with Gasteiger partial charge in [0.05, 0.1) is 25.7 Å². The van der Waals surface area contributed by atoms with Gasteiger partial charge in [-0.1, -0.05) is 11.6 Å². The van der Waals surface area contributed by atoms with Gasteiger partial charge in [0, 0.05) is 28.2 Å². The summed E-state index contributed by atoms with van der Waals surface area (Å²) >= 11 is 12.5. The van der Waals surface area contributed by atoms with Crippen molar-refractivity contribution >= 4 is 61.6 Å². The first-order valence-corrected chi connectivity index (χ1v) is 10.8. The number of hydrogen-bond donors (Lipinski definition) is 3. The third kappa shape index (κ3) is 4.84. The number of aromatic hydroxyl groups is 1. The van der Waals surface area contributed by atoms with E-state index < -0.39 is 11.9 Å². The molecule has 0 atom stereocenters. The van der Waals surface area contributed by atoms with Crippen molar-refractivity contribution in [2.24, 2.45) is 5.10 Å². The van der Waals surface area contributed by atoms with E-state index in [0.29, 0.717) is 20.2 Å². The number of phenols is 1. The van der Waals surface area contributed by atoms with Crippen LogP contribution in [0.4, 0.5) is 0 Å². The number of hydrogen-bond acceptors (Lipinski definition) is 4. The van der Waals surface area contributed by atoms with Crippen LogP contribution in [-0.4, -0.2) is 32.9 Å². The maximum atomic E-state index is 12.3. The van der Waals surface area contributed by atoms with Crippen molar-refractivity contribution in [3.8, 4) is 11.4 Å². The van der Waals surface area contributed by atoms with Crippen LogP contribution in [0.3, 0.4) is 0 Å². The first-order valence-electron chi connectivity index (χ1n) is 8.83. The molecule has 10 heteroatoms. The molecule has 1 amide bonds. The number of aromatic nitrogens is 1. The molecule has 160 valence electrons. The monoisotopic (exact) mass is 567 g/mol. The third-order valence-corrected chi connectivity index (χ3v) is 6.08. The number of nitrogens with zero attached hydrogens (tertiary/aromatic N) is 2. The first-order chi connectivity index (χ1) is 14.6. The Kier molecular flexibility index (Phi) is 6.88. The summed E-state index contributed by atoms with van der Waals surface area (Å²) in [6.07, 6.45) is 1.52. The Labute approximate surface area is 199 Å². The van der Waals surface area contributed by atoms with Crippen LogP contribution in [0.15, 0.2) is 50.4 Å². The van der Waals surface area contributed by atoms with Gasteiger partial charge in [0.15, 0.2) is 0 Å². The van der Waals surface area contributed by atoms with E-state index in [-0.39, 0.29) is 16.3 Å². The van der Waals surface area contributed by atoms with Gasteiger partial charge in [-0.25, -0.2) is 10.2 Å². The van der Waals surface area contributed by atoms with E-state index in [1.807, 2.05) is 24.5 Å². The highest BCUT2D eigenvalue weighted by atomic mass is 79.9. The molecule has 2 aromatic carbocycles. The second-order valence-corrected chi connectivity index (χ2v) is 8.73. The maximum Gasteiger partial charge on any atom is 0.337 e. The number of amides is 1. The number of hydrazone groups is 1. The van der Waals surface area contributed by atoms with Gasteiger partial charge in [0.2, 0.25) is 0 Å². The molecule has 7 nitrogen and oxygen atoms in total. The van der Waals surface area contributed by atoms with Crippen molar-refractivity contribution in [3.05, 3.63) is 78.4 Å². The number of nitrogens with one attached hydrogen (secondary N) is 1. The predicted octanol–water partition coefficient (Wildman–Crippen LogP) is 5.44. The number of aryl methyl sites for hydroxylation is 1. The molecule has 0 fully saturated rings. The Bertz CT molecular complexity index is 1210. The number of carboxylic acids is 1. The fourth-order valence-electron chi connectivity index (χ4n) is 3.05. The molecule has 0 saturated heterocycles. The van der Waals surface area contributed by atoms with Crippen LogP contribution in [-0.2, 0) is 0 Å². The summed E-state index contributed by atoms with van der Waals surface area (Å²) in [5.41, 5.74) is 6.01. The van der Waals surface area contributed by atoms with Gasteiger partial charge in [-0.15, -0.1) is 0 Å². The number of carboxylic acid groups (broad SMARTS) is 1. The minimum absolute atomic E-state index is 0.00369. The van der Waals surface area contributed by atoms with Crippen LogP contribution in [0.25, 0.3) is 5.69 Å². The van der Waals surface area contributed by atoms with Gasteiger partial charge >= 0.3 is 5.97 Å². The summed E-state index contributed by atoms with van der Waals surface area (Å²) in [7, 11) is 0. The number of halogens is 3. The highest BCUT2D eigenvalue weighted by Crippen LogP contribution is 2.33. The predicted molar refractivity (Wildman–Crippen MR) is 126 cm³/mol. The molecule has 3 N–H and O–H groups in total. The van der Waals surface area contributed by atoms with Crippen LogP contribution < -0.4 is 5.43 Å². The Balaban J connectivity index is 1.82. The van der Waals surface area contributed by atoms with Crippen molar-refractivity contribution in [3.63, 3.8) is 0 Å². The molecule has 31 heavy (non-hydrogen) atoms. The van der Waals surface area contributed by atoms with Gasteiger partial charge in [0.25, 0.3) is 5.91 Å². The second-order valence-electron chi connectivity index (χ2n) is 6.62. The number of phenolic OH excluding ortho intramolecular Hbond substituents is 1. The molecule has 0 unspecified atom stereocenters. The molecular weight excluding hydrogens is 554 g/mol. The van der Waals surface area contributed by atoms with E-state index in [2.05, 4.69) is 42.4 Å². The number of aromatic carboxylic acids is 1. The van der Waals surface area contributed by atoms with Gasteiger partial charge in [-0.05, 0) is 82.1 Å². The molecule has 0 aliphatic rings. The summed E-state index contributed by atoms with van der Waals surface area (Å²) < 4.78 is 2.67. The number of carbonyl (C=O) groups is 2. The molecule has 0 spiro atoms. The highest BCUT2D eigenvalue weighted by Gasteiger charge is 2.14. The molecule has 0 aliphatic carbocycles. The summed E-state index contributed by atoms with van der Waals surface area (Å²) in [5.74, 6) is -1.53. The van der Waals surface area contributed by atoms with E-state index in [0.717, 1.165) is 17.0 Å². The van der Waals surface area contributed by atoms with E-state index >= 15 is 0 Å². The normalized spacial score (nSPS) is 11.1. The molecule has 0 bridgehead atoms.